The molecule has 0 aliphatic heterocycles. The molecule has 0 aromatic heterocycles. The molecule has 0 heterocycles. The lowest BCUT2D eigenvalue weighted by atomic mass is 10.3. The molecule has 0 saturated carbocycles. The Morgan fingerprint density at radius 1 is 1.27 bits per heavy atom. The van der Waals surface area contributed by atoms with Gasteiger partial charge < -0.3 is 5.73 Å². The van der Waals surface area contributed by atoms with Crippen molar-refractivity contribution in [2.75, 3.05) is 0 Å². The summed E-state index contributed by atoms with van der Waals surface area (Å²) in [4.78, 5) is 0. The van der Waals surface area contributed by atoms with E-state index in [2.05, 4.69) is 12.3 Å². The molecule has 0 aromatic rings. The lowest BCUT2D eigenvalue weighted by Gasteiger charge is -2.03. The van der Waals surface area contributed by atoms with Crippen molar-refractivity contribution in [1.82, 2.24) is 0 Å². The van der Waals surface area contributed by atoms with Gasteiger partial charge in [0.25, 0.3) is 0 Å². The van der Waals surface area contributed by atoms with Gasteiger partial charge in [-0.2, -0.15) is 13.2 Å². The molecule has 0 unspecified atom stereocenters. The van der Waals surface area contributed by atoms with Gasteiger partial charge in [0.15, 0.2) is 0 Å². The number of alkyl halides is 3. The van der Waals surface area contributed by atoms with E-state index >= 15 is 0 Å². The summed E-state index contributed by atoms with van der Waals surface area (Å²) in [6.45, 7) is 3.28. The molecule has 1 nitrogen and oxygen atoms in total. The smallest absolute Gasteiger partial charge is 0.395 e. The van der Waals surface area contributed by atoms with E-state index in [1.54, 1.807) is 0 Å². The van der Waals surface area contributed by atoms with E-state index in [1.165, 1.54) is 18.2 Å². The SMILES string of the molecule is C=C/C=C\C=C(/N)C(F)(F)F. The zero-order chi connectivity index (χ0) is 8.91. The van der Waals surface area contributed by atoms with Gasteiger partial charge in [-0.3, -0.25) is 0 Å². The average Bonchev–Trinajstić information content (AvgIpc) is 1.86. The Morgan fingerprint density at radius 2 is 1.82 bits per heavy atom. The topological polar surface area (TPSA) is 26.0 Å². The highest BCUT2D eigenvalue weighted by Gasteiger charge is 2.30. The maximum Gasteiger partial charge on any atom is 0.430 e. The first kappa shape index (κ1) is 9.81. The summed E-state index contributed by atoms with van der Waals surface area (Å²) in [6, 6.07) is 0. The van der Waals surface area contributed by atoms with E-state index in [0.29, 0.717) is 0 Å². The van der Waals surface area contributed by atoms with Crippen LogP contribution in [0.3, 0.4) is 0 Å². The summed E-state index contributed by atoms with van der Waals surface area (Å²) < 4.78 is 34.9. The molecular formula is C7H8F3N. The molecule has 0 radical (unpaired) electrons. The predicted molar refractivity (Wildman–Crippen MR) is 37.7 cm³/mol. The normalized spacial score (nSPS) is 13.9. The standard InChI is InChI=1S/C7H8F3N/c1-2-3-4-5-6(11)7(8,9)10/h2-5H,1,11H2/b4-3-,6-5-. The number of nitrogens with two attached hydrogens (primary N) is 1. The molecule has 0 aliphatic rings. The van der Waals surface area contributed by atoms with Gasteiger partial charge >= 0.3 is 6.18 Å². The first-order valence-electron chi connectivity index (χ1n) is 2.80. The van der Waals surface area contributed by atoms with Gasteiger partial charge in [-0.1, -0.05) is 24.8 Å². The lowest BCUT2D eigenvalue weighted by molar-refractivity contribution is -0.0926. The Balaban J connectivity index is 4.23. The fraction of sp³-hybridized carbons (Fsp3) is 0.143. The number of hydrogen-bond acceptors (Lipinski definition) is 1. The van der Waals surface area contributed by atoms with E-state index in [9.17, 15) is 13.2 Å². The van der Waals surface area contributed by atoms with Crippen LogP contribution in [0.4, 0.5) is 13.2 Å². The number of halogens is 3. The van der Waals surface area contributed by atoms with Crippen molar-refractivity contribution in [3.63, 3.8) is 0 Å². The van der Waals surface area contributed by atoms with E-state index in [-0.39, 0.29) is 0 Å². The summed E-state index contributed by atoms with van der Waals surface area (Å²) in [7, 11) is 0. The molecule has 0 aromatic carbocycles. The van der Waals surface area contributed by atoms with Crippen LogP contribution in [0.15, 0.2) is 36.6 Å². The van der Waals surface area contributed by atoms with Crippen molar-refractivity contribution in [1.29, 1.82) is 0 Å². The molecule has 0 amide bonds. The molecule has 0 bridgehead atoms. The Hall–Kier alpha value is -1.19. The highest BCUT2D eigenvalue weighted by atomic mass is 19.4. The molecule has 4 heteroatoms. The predicted octanol–water partition coefficient (Wildman–Crippen LogP) is 2.13. The van der Waals surface area contributed by atoms with Crippen molar-refractivity contribution < 1.29 is 13.2 Å². The minimum atomic E-state index is -4.44. The zero-order valence-corrected chi connectivity index (χ0v) is 5.73. The number of rotatable bonds is 2. The number of hydrogen-bond donors (Lipinski definition) is 1. The van der Waals surface area contributed by atoms with E-state index in [0.717, 1.165) is 6.08 Å². The highest BCUT2D eigenvalue weighted by molar-refractivity contribution is 5.16. The summed E-state index contributed by atoms with van der Waals surface area (Å²) in [5.74, 6) is 0. The summed E-state index contributed by atoms with van der Waals surface area (Å²) in [6.07, 6.45) is 0.238. The minimum absolute atomic E-state index is 0.779. The van der Waals surface area contributed by atoms with Crippen LogP contribution in [0.25, 0.3) is 0 Å². The second-order valence-electron chi connectivity index (χ2n) is 1.74. The van der Waals surface area contributed by atoms with Crippen LogP contribution in [-0.2, 0) is 0 Å². The molecule has 62 valence electrons. The van der Waals surface area contributed by atoms with Crippen molar-refractivity contribution in [3.05, 3.63) is 36.6 Å². The molecule has 0 saturated heterocycles. The molecule has 2 N–H and O–H groups in total. The fourth-order valence-corrected chi connectivity index (χ4v) is 0.332. The van der Waals surface area contributed by atoms with Crippen molar-refractivity contribution in [2.45, 2.75) is 6.18 Å². The van der Waals surface area contributed by atoms with Crippen LogP contribution >= 0.6 is 0 Å². The van der Waals surface area contributed by atoms with Crippen LogP contribution in [0.5, 0.6) is 0 Å². The third-order valence-corrected chi connectivity index (χ3v) is 0.850. The summed E-state index contributed by atoms with van der Waals surface area (Å²) in [5.41, 5.74) is 3.53. The Morgan fingerprint density at radius 3 is 2.18 bits per heavy atom. The van der Waals surface area contributed by atoms with Gasteiger partial charge in [-0.15, -0.1) is 0 Å². The molecule has 0 fully saturated rings. The second-order valence-corrected chi connectivity index (χ2v) is 1.74. The van der Waals surface area contributed by atoms with Crippen molar-refractivity contribution >= 4 is 0 Å². The Labute approximate surface area is 62.7 Å². The van der Waals surface area contributed by atoms with Crippen LogP contribution in [0.1, 0.15) is 0 Å². The van der Waals surface area contributed by atoms with Gasteiger partial charge in [-0.25, -0.2) is 0 Å². The molecule has 0 spiro atoms. The van der Waals surface area contributed by atoms with Crippen LogP contribution < -0.4 is 5.73 Å². The largest absolute Gasteiger partial charge is 0.430 e. The van der Waals surface area contributed by atoms with Gasteiger partial charge in [0.2, 0.25) is 0 Å². The third-order valence-electron chi connectivity index (χ3n) is 0.850. The van der Waals surface area contributed by atoms with E-state index < -0.39 is 11.9 Å². The average molecular weight is 163 g/mol. The van der Waals surface area contributed by atoms with Gasteiger partial charge in [-0.05, 0) is 6.08 Å². The van der Waals surface area contributed by atoms with E-state index in [1.807, 2.05) is 0 Å². The van der Waals surface area contributed by atoms with Gasteiger partial charge in [0.05, 0.1) is 0 Å². The van der Waals surface area contributed by atoms with Crippen molar-refractivity contribution in [2.24, 2.45) is 5.73 Å². The fourth-order valence-electron chi connectivity index (χ4n) is 0.332. The van der Waals surface area contributed by atoms with Crippen LogP contribution in [-0.4, -0.2) is 6.18 Å². The monoisotopic (exact) mass is 163 g/mol. The third kappa shape index (κ3) is 4.25. The van der Waals surface area contributed by atoms with Crippen molar-refractivity contribution in [3.8, 4) is 0 Å². The molecule has 11 heavy (non-hydrogen) atoms. The highest BCUT2D eigenvalue weighted by Crippen LogP contribution is 2.20. The van der Waals surface area contributed by atoms with Gasteiger partial charge in [0, 0.05) is 0 Å². The molecule has 0 atom stereocenters. The first-order valence-corrected chi connectivity index (χ1v) is 2.80. The molecular weight excluding hydrogens is 155 g/mol. The summed E-state index contributed by atoms with van der Waals surface area (Å²) >= 11 is 0. The number of allylic oxidation sites excluding steroid dienone is 5. The Bertz CT molecular complexity index is 188. The molecule has 0 rings (SSSR count). The second kappa shape index (κ2) is 3.85. The first-order chi connectivity index (χ1) is 4.98. The maximum atomic E-state index is 11.6. The van der Waals surface area contributed by atoms with Gasteiger partial charge in [0.1, 0.15) is 5.70 Å². The summed E-state index contributed by atoms with van der Waals surface area (Å²) in [5, 5.41) is 0. The Kier molecular flexibility index (Phi) is 3.44. The van der Waals surface area contributed by atoms with Crippen LogP contribution in [0, 0.1) is 0 Å². The zero-order valence-electron chi connectivity index (χ0n) is 5.73. The molecule has 0 aliphatic carbocycles. The maximum absolute atomic E-state index is 11.6. The minimum Gasteiger partial charge on any atom is -0.395 e. The quantitative estimate of drug-likeness (QED) is 0.620. The lowest BCUT2D eigenvalue weighted by Crippen LogP contribution is -2.18. The van der Waals surface area contributed by atoms with Crippen LogP contribution in [0.2, 0.25) is 0 Å². The van der Waals surface area contributed by atoms with E-state index in [4.69, 9.17) is 0 Å².